The molecule has 0 aliphatic heterocycles. The van der Waals surface area contributed by atoms with Crippen LogP contribution in [0, 0.1) is 17.1 Å². The predicted octanol–water partition coefficient (Wildman–Crippen LogP) is 2.33. The molecule has 0 atom stereocenters. The lowest BCUT2D eigenvalue weighted by Crippen LogP contribution is -2.44. The summed E-state index contributed by atoms with van der Waals surface area (Å²) in [6, 6.07) is 7.99. The molecule has 0 fully saturated rings. The Bertz CT molecular complexity index is 1370. The lowest BCUT2D eigenvalue weighted by molar-refractivity contribution is 0.277. The Balaban J connectivity index is 0.000000345. The van der Waals surface area contributed by atoms with Crippen molar-refractivity contribution >= 4 is 11.2 Å². The van der Waals surface area contributed by atoms with Crippen LogP contribution in [0.15, 0.2) is 57.3 Å². The molecule has 0 unspecified atom stereocenters. The molecule has 10 heteroatoms. The molecule has 9 nitrogen and oxygen atoms in total. The van der Waals surface area contributed by atoms with Gasteiger partial charge in [-0.1, -0.05) is 18.2 Å². The molecule has 1 aliphatic rings. The highest BCUT2D eigenvalue weighted by molar-refractivity contribution is 5.73. The smallest absolute Gasteiger partial charge is 0.332 e. The summed E-state index contributed by atoms with van der Waals surface area (Å²) >= 11 is 0. The van der Waals surface area contributed by atoms with Gasteiger partial charge >= 0.3 is 5.69 Å². The molecule has 33 heavy (non-hydrogen) atoms. The van der Waals surface area contributed by atoms with Gasteiger partial charge in [0, 0.05) is 28.7 Å². The van der Waals surface area contributed by atoms with Crippen LogP contribution in [-0.4, -0.2) is 35.3 Å². The number of aliphatic hydroxyl groups is 2. The summed E-state index contributed by atoms with van der Waals surface area (Å²) in [6.45, 7) is 0.479. The average molecular weight is 458 g/mol. The fourth-order valence-electron chi connectivity index (χ4n) is 3.70. The average Bonchev–Trinajstić information content (AvgIpc) is 2.81. The molecule has 0 amide bonds. The van der Waals surface area contributed by atoms with E-state index in [-0.39, 0.29) is 31.7 Å². The quantitative estimate of drug-likeness (QED) is 0.610. The van der Waals surface area contributed by atoms with Crippen LogP contribution in [0.5, 0.6) is 0 Å². The zero-order valence-corrected chi connectivity index (χ0v) is 18.5. The second kappa shape index (κ2) is 10.2. The number of rotatable bonds is 5. The first-order chi connectivity index (χ1) is 15.8. The number of hydrogen-bond donors (Lipinski definition) is 2. The summed E-state index contributed by atoms with van der Waals surface area (Å²) in [4.78, 5) is 25.0. The first kappa shape index (κ1) is 23.8. The van der Waals surface area contributed by atoms with E-state index in [4.69, 9.17) is 15.5 Å². The van der Waals surface area contributed by atoms with E-state index in [9.17, 15) is 14.0 Å². The Kier molecular flexibility index (Phi) is 7.35. The number of aromatic nitrogens is 4. The third-order valence-electron chi connectivity index (χ3n) is 5.49. The summed E-state index contributed by atoms with van der Waals surface area (Å²) in [5.41, 5.74) is 1.55. The van der Waals surface area contributed by atoms with Gasteiger partial charge in [-0.25, -0.2) is 9.18 Å². The monoisotopic (exact) mass is 457 g/mol. The molecule has 1 aromatic carbocycles. The van der Waals surface area contributed by atoms with Crippen LogP contribution in [0.1, 0.15) is 26.3 Å². The van der Waals surface area contributed by atoms with E-state index >= 15 is 0 Å². The van der Waals surface area contributed by atoms with E-state index in [1.54, 1.807) is 41.7 Å². The molecule has 4 rings (SSSR count). The molecule has 2 heterocycles. The Morgan fingerprint density at radius 2 is 1.91 bits per heavy atom. The molecular formula is C23H28FN5O4. The zero-order chi connectivity index (χ0) is 24.1. The van der Waals surface area contributed by atoms with E-state index in [0.717, 1.165) is 16.6 Å². The summed E-state index contributed by atoms with van der Waals surface area (Å²) in [5.74, 6) is -0.186. The third-order valence-corrected chi connectivity index (χ3v) is 5.49. The van der Waals surface area contributed by atoms with Crippen LogP contribution >= 0.6 is 0 Å². The summed E-state index contributed by atoms with van der Waals surface area (Å²) in [5, 5.41) is 26.3. The number of nitriles is 1. The molecule has 0 saturated heterocycles. The van der Waals surface area contributed by atoms with E-state index in [0.29, 0.717) is 36.1 Å². The minimum absolute atomic E-state index is 0. The number of benzene rings is 1. The van der Waals surface area contributed by atoms with Crippen molar-refractivity contribution in [3.8, 4) is 6.07 Å². The number of allylic oxidation sites excluding steroid dienone is 3. The van der Waals surface area contributed by atoms with Crippen LogP contribution in [-0.2, 0) is 27.2 Å². The van der Waals surface area contributed by atoms with Gasteiger partial charge in [-0.05, 0) is 43.0 Å². The number of aliphatic hydroxyl groups excluding tert-OH is 2. The third kappa shape index (κ3) is 4.83. The number of aryl methyl sites for hydroxylation is 2. The van der Waals surface area contributed by atoms with Crippen molar-refractivity contribution in [3.05, 3.63) is 80.0 Å². The number of nitrogens with zero attached hydrogens (tertiary/aromatic N) is 5. The SMILES string of the molecule is Cn1c(=O)n(CCCO)c(=O)c2c1n(C)n2Cc1ccc(F)cc1.N#CC1=C(O)C=CCC1.[HH]. The van der Waals surface area contributed by atoms with Crippen LogP contribution in [0.4, 0.5) is 4.39 Å². The van der Waals surface area contributed by atoms with Crippen LogP contribution in [0.25, 0.3) is 11.2 Å². The zero-order valence-electron chi connectivity index (χ0n) is 18.5. The second-order valence-corrected chi connectivity index (χ2v) is 7.67. The Hall–Kier alpha value is -3.84. The topological polar surface area (TPSA) is 118 Å². The van der Waals surface area contributed by atoms with E-state index in [1.807, 2.05) is 12.1 Å². The largest absolute Gasteiger partial charge is 0.507 e. The fraction of sp³-hybridized carbons (Fsp3) is 0.348. The summed E-state index contributed by atoms with van der Waals surface area (Å²) in [6.07, 6.45) is 5.31. The van der Waals surface area contributed by atoms with E-state index in [1.165, 1.54) is 16.7 Å². The van der Waals surface area contributed by atoms with Gasteiger partial charge in [0.15, 0.2) is 11.2 Å². The predicted molar refractivity (Wildman–Crippen MR) is 123 cm³/mol. The van der Waals surface area contributed by atoms with Crippen LogP contribution in [0.3, 0.4) is 0 Å². The van der Waals surface area contributed by atoms with Gasteiger partial charge in [0.25, 0.3) is 5.56 Å². The molecule has 0 bridgehead atoms. The molecule has 2 aromatic heterocycles. The first-order valence-corrected chi connectivity index (χ1v) is 10.5. The van der Waals surface area contributed by atoms with Crippen molar-refractivity contribution in [3.63, 3.8) is 0 Å². The van der Waals surface area contributed by atoms with Crippen molar-refractivity contribution in [1.82, 2.24) is 18.5 Å². The van der Waals surface area contributed by atoms with E-state index < -0.39 is 5.69 Å². The molecule has 0 spiro atoms. The Morgan fingerprint density at radius 1 is 1.21 bits per heavy atom. The first-order valence-electron chi connectivity index (χ1n) is 10.5. The molecule has 0 saturated carbocycles. The van der Waals surface area contributed by atoms with Crippen molar-refractivity contribution in [2.75, 3.05) is 6.61 Å². The minimum atomic E-state index is -0.402. The molecule has 1 aliphatic carbocycles. The molecule has 176 valence electrons. The Morgan fingerprint density at radius 3 is 2.48 bits per heavy atom. The normalized spacial score (nSPS) is 13.2. The van der Waals surface area contributed by atoms with Gasteiger partial charge in [-0.3, -0.25) is 23.3 Å². The van der Waals surface area contributed by atoms with Gasteiger partial charge in [0.2, 0.25) is 0 Å². The van der Waals surface area contributed by atoms with Crippen LogP contribution < -0.4 is 11.2 Å². The molecular weight excluding hydrogens is 429 g/mol. The maximum atomic E-state index is 13.0. The Labute approximate surface area is 190 Å². The highest BCUT2D eigenvalue weighted by atomic mass is 19.1. The standard InChI is InChI=1S/C16H19FN4O3.C7H7NO.H2/c1-18-14-13(15(23)20(16(18)24)8-3-9-22)21(19(14)2)10-11-4-6-12(17)7-5-11;8-5-6-3-1-2-4-7(6)9;/h4-7,22H,3,8-10H2,1-2H3;2,4,9H,1,3H2;1H. The number of halogens is 1. The van der Waals surface area contributed by atoms with Gasteiger partial charge in [0.1, 0.15) is 11.6 Å². The fourth-order valence-corrected chi connectivity index (χ4v) is 3.70. The lowest BCUT2D eigenvalue weighted by Gasteiger charge is -2.25. The van der Waals surface area contributed by atoms with Crippen molar-refractivity contribution in [1.29, 1.82) is 5.26 Å². The maximum Gasteiger partial charge on any atom is 0.332 e. The number of fused-ring (bicyclic) bond motifs is 1. The van der Waals surface area contributed by atoms with Crippen molar-refractivity contribution in [2.45, 2.75) is 32.4 Å². The van der Waals surface area contributed by atoms with Gasteiger partial charge in [-0.2, -0.15) is 5.26 Å². The molecule has 2 N–H and O–H groups in total. The van der Waals surface area contributed by atoms with E-state index in [2.05, 4.69) is 0 Å². The molecule has 0 radical (unpaired) electrons. The second-order valence-electron chi connectivity index (χ2n) is 7.67. The van der Waals surface area contributed by atoms with Gasteiger partial charge < -0.3 is 10.2 Å². The summed E-state index contributed by atoms with van der Waals surface area (Å²) < 4.78 is 19.1. The lowest BCUT2D eigenvalue weighted by atomic mass is 10.1. The highest BCUT2D eigenvalue weighted by Gasteiger charge is 2.21. The van der Waals surface area contributed by atoms with Crippen molar-refractivity contribution in [2.24, 2.45) is 14.1 Å². The number of hydrogen-bond acceptors (Lipinski definition) is 5. The highest BCUT2D eigenvalue weighted by Crippen LogP contribution is 2.16. The van der Waals surface area contributed by atoms with Gasteiger partial charge in [-0.15, -0.1) is 0 Å². The van der Waals surface area contributed by atoms with Crippen LogP contribution in [0.2, 0.25) is 0 Å². The maximum absolute atomic E-state index is 13.0. The molecule has 3 aromatic rings. The van der Waals surface area contributed by atoms with Gasteiger partial charge in [0.05, 0.1) is 18.2 Å². The minimum Gasteiger partial charge on any atom is -0.507 e. The summed E-state index contributed by atoms with van der Waals surface area (Å²) in [7, 11) is 3.38. The van der Waals surface area contributed by atoms with Crippen molar-refractivity contribution < 1.29 is 16.0 Å².